The number of nitrogens with zero attached hydrogens (tertiary/aromatic N) is 2. The van der Waals surface area contributed by atoms with Gasteiger partial charge in [-0.05, 0) is 107 Å². The van der Waals surface area contributed by atoms with Crippen LogP contribution in [0.25, 0.3) is 6.08 Å². The Kier molecular flexibility index (Phi) is 9.09. The zero-order valence-corrected chi connectivity index (χ0v) is 27.5. The van der Waals surface area contributed by atoms with Crippen LogP contribution in [0.3, 0.4) is 0 Å². The van der Waals surface area contributed by atoms with Crippen molar-refractivity contribution in [2.24, 2.45) is 4.99 Å². The van der Waals surface area contributed by atoms with Crippen molar-refractivity contribution in [2.45, 2.75) is 33.4 Å². The van der Waals surface area contributed by atoms with Crippen molar-refractivity contribution < 1.29 is 18.7 Å². The number of carbonyl (C=O) groups excluding carboxylic acids is 1. The Labute approximate surface area is 267 Å². The van der Waals surface area contributed by atoms with Gasteiger partial charge < -0.3 is 9.47 Å². The van der Waals surface area contributed by atoms with Crippen LogP contribution in [-0.2, 0) is 16.1 Å². The molecule has 0 fully saturated rings. The highest BCUT2D eigenvalue weighted by Crippen LogP contribution is 2.32. The number of esters is 1. The van der Waals surface area contributed by atoms with Crippen molar-refractivity contribution in [3.63, 3.8) is 0 Å². The summed E-state index contributed by atoms with van der Waals surface area (Å²) >= 11 is 5.72. The largest absolute Gasteiger partial charge is 0.487 e. The molecule has 10 heteroatoms. The summed E-state index contributed by atoms with van der Waals surface area (Å²) in [6.45, 7) is 5.97. The lowest BCUT2D eigenvalue weighted by molar-refractivity contribution is -0.139. The molecule has 3 aromatic carbocycles. The maximum Gasteiger partial charge on any atom is 0.338 e. The first-order chi connectivity index (χ1) is 19.7. The van der Waals surface area contributed by atoms with Gasteiger partial charge in [-0.1, -0.05) is 53.3 Å². The SMILES string of the molecule is CCOC(=O)C1=C(C)N=c2s/c(=C\c3cc(I)cc(I)c3OCc3ccc(F)cc3)c(=O)n2[C@@H]1c1ccc(C)cc1. The highest BCUT2D eigenvalue weighted by atomic mass is 127. The molecule has 4 aromatic rings. The first-order valence-electron chi connectivity index (χ1n) is 12.8. The lowest BCUT2D eigenvalue weighted by atomic mass is 9.95. The van der Waals surface area contributed by atoms with Crippen LogP contribution >= 0.6 is 56.5 Å². The summed E-state index contributed by atoms with van der Waals surface area (Å²) in [6.07, 6.45) is 1.81. The molecule has 0 bridgehead atoms. The van der Waals surface area contributed by atoms with Crippen LogP contribution in [0.1, 0.15) is 42.1 Å². The van der Waals surface area contributed by atoms with Gasteiger partial charge in [0.05, 0.1) is 32.0 Å². The van der Waals surface area contributed by atoms with Crippen LogP contribution in [0.2, 0.25) is 0 Å². The van der Waals surface area contributed by atoms with Gasteiger partial charge in [-0.2, -0.15) is 0 Å². The molecule has 0 amide bonds. The second kappa shape index (κ2) is 12.6. The second-order valence-corrected chi connectivity index (χ2v) is 12.9. The first-order valence-corrected chi connectivity index (χ1v) is 15.8. The molecule has 210 valence electrons. The molecular formula is C31H25FI2N2O4S. The number of allylic oxidation sites excluding steroid dienone is 1. The van der Waals surface area contributed by atoms with E-state index in [-0.39, 0.29) is 24.6 Å². The summed E-state index contributed by atoms with van der Waals surface area (Å²) in [7, 11) is 0. The van der Waals surface area contributed by atoms with Crippen molar-refractivity contribution in [1.29, 1.82) is 0 Å². The number of rotatable bonds is 7. The minimum atomic E-state index is -0.668. The van der Waals surface area contributed by atoms with Gasteiger partial charge in [0.15, 0.2) is 4.80 Å². The van der Waals surface area contributed by atoms with Crippen LogP contribution in [0, 0.1) is 19.9 Å². The summed E-state index contributed by atoms with van der Waals surface area (Å²) < 4.78 is 28.9. The number of aromatic nitrogens is 1. The molecule has 0 saturated carbocycles. The molecule has 0 N–H and O–H groups in total. The predicted octanol–water partition coefficient (Wildman–Crippen LogP) is 6.03. The van der Waals surface area contributed by atoms with E-state index < -0.39 is 12.0 Å². The van der Waals surface area contributed by atoms with Gasteiger partial charge in [0.25, 0.3) is 5.56 Å². The van der Waals surface area contributed by atoms with E-state index >= 15 is 0 Å². The van der Waals surface area contributed by atoms with Crippen molar-refractivity contribution in [2.75, 3.05) is 6.61 Å². The van der Waals surface area contributed by atoms with Gasteiger partial charge in [0.1, 0.15) is 18.2 Å². The van der Waals surface area contributed by atoms with Gasteiger partial charge in [0.2, 0.25) is 0 Å². The number of hydrogen-bond donors (Lipinski definition) is 0. The van der Waals surface area contributed by atoms with Crippen LogP contribution in [0.5, 0.6) is 5.75 Å². The Hall–Kier alpha value is -2.84. The zero-order valence-electron chi connectivity index (χ0n) is 22.4. The van der Waals surface area contributed by atoms with Gasteiger partial charge in [0, 0.05) is 9.13 Å². The molecule has 0 saturated heterocycles. The fraction of sp³-hybridized carbons (Fsp3) is 0.194. The van der Waals surface area contributed by atoms with E-state index in [4.69, 9.17) is 9.47 Å². The Morgan fingerprint density at radius 1 is 1.10 bits per heavy atom. The van der Waals surface area contributed by atoms with E-state index in [1.165, 1.54) is 23.5 Å². The Morgan fingerprint density at radius 2 is 1.80 bits per heavy atom. The van der Waals surface area contributed by atoms with E-state index in [0.29, 0.717) is 26.4 Å². The predicted molar refractivity (Wildman–Crippen MR) is 174 cm³/mol. The third-order valence-corrected chi connectivity index (χ3v) is 8.94. The number of carbonyl (C=O) groups is 1. The fourth-order valence-corrected chi connectivity index (χ4v) is 7.66. The fourth-order valence-electron chi connectivity index (χ4n) is 4.57. The summed E-state index contributed by atoms with van der Waals surface area (Å²) in [4.78, 5) is 32.3. The number of hydrogen-bond acceptors (Lipinski definition) is 6. The van der Waals surface area contributed by atoms with E-state index in [0.717, 1.165) is 29.4 Å². The molecule has 1 aromatic heterocycles. The van der Waals surface area contributed by atoms with E-state index in [2.05, 4.69) is 50.2 Å². The average molecular weight is 794 g/mol. The second-order valence-electron chi connectivity index (χ2n) is 9.43. The number of thiazole rings is 1. The van der Waals surface area contributed by atoms with Crippen LogP contribution in [-0.4, -0.2) is 17.1 Å². The standard InChI is InChI=1S/C31H25FI2N2O4S/c1-4-39-30(38)26-18(3)35-31-36(27(26)20-9-5-17(2)6-10-20)29(37)25(41-31)14-21-13-23(33)15-24(34)28(21)40-16-19-7-11-22(32)12-8-19/h5-15,27H,4,16H2,1-3H3/b25-14-/t27-/m1/s1. The van der Waals surface area contributed by atoms with Crippen molar-refractivity contribution in [3.8, 4) is 5.75 Å². The molecule has 0 aliphatic carbocycles. The molecule has 41 heavy (non-hydrogen) atoms. The molecular weight excluding hydrogens is 769 g/mol. The smallest absolute Gasteiger partial charge is 0.338 e. The van der Waals surface area contributed by atoms with E-state index in [1.54, 1.807) is 30.5 Å². The normalized spacial score (nSPS) is 15.0. The number of fused-ring (bicyclic) bond motifs is 1. The average Bonchev–Trinajstić information content (AvgIpc) is 3.23. The lowest BCUT2D eigenvalue weighted by Crippen LogP contribution is -2.39. The van der Waals surface area contributed by atoms with Crippen molar-refractivity contribution in [1.82, 2.24) is 4.57 Å². The molecule has 1 aliphatic rings. The van der Waals surface area contributed by atoms with Crippen molar-refractivity contribution >= 4 is 68.6 Å². The number of halogens is 3. The van der Waals surface area contributed by atoms with E-state index in [1.807, 2.05) is 49.4 Å². The van der Waals surface area contributed by atoms with Gasteiger partial charge in [-0.3, -0.25) is 9.36 Å². The maximum absolute atomic E-state index is 14.0. The molecule has 6 nitrogen and oxygen atoms in total. The van der Waals surface area contributed by atoms with Crippen LogP contribution in [0.15, 0.2) is 81.7 Å². The summed E-state index contributed by atoms with van der Waals surface area (Å²) in [5, 5.41) is 0. The molecule has 5 rings (SSSR count). The Morgan fingerprint density at radius 3 is 2.49 bits per heavy atom. The monoisotopic (exact) mass is 794 g/mol. The van der Waals surface area contributed by atoms with E-state index in [9.17, 15) is 14.0 Å². The zero-order chi connectivity index (χ0) is 29.3. The summed E-state index contributed by atoms with van der Waals surface area (Å²) in [6, 6.07) is 17.2. The van der Waals surface area contributed by atoms with Crippen LogP contribution < -0.4 is 19.6 Å². The molecule has 1 atom stereocenters. The molecule has 0 radical (unpaired) electrons. The minimum Gasteiger partial charge on any atom is -0.487 e. The minimum absolute atomic E-state index is 0.215. The quantitative estimate of drug-likeness (QED) is 0.169. The van der Waals surface area contributed by atoms with Gasteiger partial charge >= 0.3 is 5.97 Å². The third kappa shape index (κ3) is 6.33. The van der Waals surface area contributed by atoms with Crippen LogP contribution in [0.4, 0.5) is 4.39 Å². The highest BCUT2D eigenvalue weighted by molar-refractivity contribution is 14.1. The molecule has 1 aliphatic heterocycles. The Bertz CT molecular complexity index is 1850. The molecule has 0 spiro atoms. The van der Waals surface area contributed by atoms with Crippen molar-refractivity contribution in [3.05, 3.63) is 127 Å². The molecule has 0 unspecified atom stereocenters. The topological polar surface area (TPSA) is 69.9 Å². The number of benzene rings is 3. The van der Waals surface area contributed by atoms with Gasteiger partial charge in [-0.15, -0.1) is 0 Å². The number of ether oxygens (including phenoxy) is 2. The number of aryl methyl sites for hydroxylation is 1. The Balaban J connectivity index is 1.64. The first kappa shape index (κ1) is 29.6. The summed E-state index contributed by atoms with van der Waals surface area (Å²) in [5.41, 5.74) is 4.05. The highest BCUT2D eigenvalue weighted by Gasteiger charge is 2.33. The molecule has 2 heterocycles. The maximum atomic E-state index is 14.0. The lowest BCUT2D eigenvalue weighted by Gasteiger charge is -2.24. The van der Waals surface area contributed by atoms with Gasteiger partial charge in [-0.25, -0.2) is 14.2 Å². The third-order valence-electron chi connectivity index (χ3n) is 6.53. The summed E-state index contributed by atoms with van der Waals surface area (Å²) in [5.74, 6) is -0.171.